The van der Waals surface area contributed by atoms with Gasteiger partial charge < -0.3 is 4.90 Å². The quantitative estimate of drug-likeness (QED) is 0.801. The van der Waals surface area contributed by atoms with Gasteiger partial charge in [-0.25, -0.2) is 4.68 Å². The van der Waals surface area contributed by atoms with E-state index in [1.165, 1.54) is 11.3 Å². The number of fused-ring (bicyclic) bond motifs is 1. The Morgan fingerprint density at radius 3 is 2.70 bits per heavy atom. The molecule has 1 aromatic heterocycles. The van der Waals surface area contributed by atoms with Gasteiger partial charge in [0.05, 0.1) is 11.2 Å². The monoisotopic (exact) mass is 331 g/mol. The van der Waals surface area contributed by atoms with E-state index in [1.54, 1.807) is 23.5 Å². The van der Waals surface area contributed by atoms with Gasteiger partial charge in [0.1, 0.15) is 12.7 Å². The molecule has 0 spiro atoms. The topological polar surface area (TPSA) is 46.3 Å². The van der Waals surface area contributed by atoms with Crippen LogP contribution in [0, 0.1) is 0 Å². The number of anilines is 1. The molecule has 1 atom stereocenters. The van der Waals surface area contributed by atoms with Crippen LogP contribution in [0.2, 0.25) is 5.02 Å². The molecule has 0 radical (unpaired) electrons. The summed E-state index contributed by atoms with van der Waals surface area (Å²) in [6.45, 7) is 10.0. The van der Waals surface area contributed by atoms with Crippen molar-refractivity contribution >= 4 is 23.5 Å². The van der Waals surface area contributed by atoms with Gasteiger partial charge in [0.15, 0.2) is 0 Å². The number of nitrogens with zero attached hydrogens (tertiary/aromatic N) is 5. The Labute approximate surface area is 142 Å². The molecular formula is C17H22ClN5. The van der Waals surface area contributed by atoms with Gasteiger partial charge in [-0.15, -0.1) is 10.2 Å². The van der Waals surface area contributed by atoms with Crippen molar-refractivity contribution in [2.75, 3.05) is 11.4 Å². The Balaban J connectivity index is 2.02. The zero-order chi connectivity index (χ0) is 16.6. The summed E-state index contributed by atoms with van der Waals surface area (Å²) >= 11 is 6.51. The minimum Gasteiger partial charge on any atom is -0.366 e. The van der Waals surface area contributed by atoms with Gasteiger partial charge >= 0.3 is 0 Å². The Hall–Kier alpha value is -1.88. The molecule has 0 N–H and O–H groups in total. The molecule has 0 fully saturated rings. The molecule has 0 saturated heterocycles. The number of benzene rings is 1. The van der Waals surface area contributed by atoms with Gasteiger partial charge in [-0.1, -0.05) is 18.5 Å². The Bertz CT molecular complexity index is 721. The second-order valence-corrected chi connectivity index (χ2v) is 7.09. The van der Waals surface area contributed by atoms with Crippen LogP contribution in [-0.4, -0.2) is 33.2 Å². The first-order valence-electron chi connectivity index (χ1n) is 7.92. The number of halogens is 1. The first-order chi connectivity index (χ1) is 10.9. The van der Waals surface area contributed by atoms with Crippen molar-refractivity contribution in [3.63, 3.8) is 0 Å². The average molecular weight is 332 g/mol. The molecule has 2 aromatic rings. The predicted octanol–water partition coefficient (Wildman–Crippen LogP) is 3.93. The van der Waals surface area contributed by atoms with E-state index >= 15 is 0 Å². The van der Waals surface area contributed by atoms with E-state index in [0.29, 0.717) is 10.9 Å². The standard InChI is InChI=1S/C17H22ClN5/c1-5-23-16-7-15(18)13(9-21-22-10-19-20-11-22)6-14(16)12(2)8-17(23,3)4/h6-7,9-12H,5,8H2,1-4H3/b21-9-. The smallest absolute Gasteiger partial charge is 0.141 e. The van der Waals surface area contributed by atoms with Crippen molar-refractivity contribution < 1.29 is 0 Å². The van der Waals surface area contributed by atoms with Crippen LogP contribution in [0.25, 0.3) is 0 Å². The molecule has 3 rings (SSSR count). The lowest BCUT2D eigenvalue weighted by Gasteiger charge is -2.47. The zero-order valence-electron chi connectivity index (χ0n) is 14.0. The van der Waals surface area contributed by atoms with Crippen molar-refractivity contribution in [2.24, 2.45) is 5.10 Å². The molecule has 1 aromatic carbocycles. The highest BCUT2D eigenvalue weighted by molar-refractivity contribution is 6.33. The average Bonchev–Trinajstić information content (AvgIpc) is 2.98. The van der Waals surface area contributed by atoms with Crippen LogP contribution in [0.5, 0.6) is 0 Å². The normalized spacial score (nSPS) is 20.0. The van der Waals surface area contributed by atoms with E-state index < -0.39 is 0 Å². The first kappa shape index (κ1) is 16.0. The fourth-order valence-electron chi connectivity index (χ4n) is 3.60. The van der Waals surface area contributed by atoms with Gasteiger partial charge in [0, 0.05) is 23.3 Å². The van der Waals surface area contributed by atoms with Crippen LogP contribution in [0.3, 0.4) is 0 Å². The molecule has 0 saturated carbocycles. The first-order valence-corrected chi connectivity index (χ1v) is 8.30. The van der Waals surface area contributed by atoms with E-state index in [9.17, 15) is 0 Å². The molecule has 0 bridgehead atoms. The second kappa shape index (κ2) is 5.96. The number of aromatic nitrogens is 3. The molecule has 1 unspecified atom stereocenters. The molecule has 6 heteroatoms. The molecular weight excluding hydrogens is 310 g/mol. The SMILES string of the molecule is CCN1c2cc(Cl)c(/C=N\n3cnnc3)cc2C(C)CC1(C)C. The Morgan fingerprint density at radius 2 is 2.04 bits per heavy atom. The summed E-state index contributed by atoms with van der Waals surface area (Å²) in [5, 5.41) is 12.5. The summed E-state index contributed by atoms with van der Waals surface area (Å²) in [5.74, 6) is 0.488. The van der Waals surface area contributed by atoms with Crippen molar-refractivity contribution in [1.29, 1.82) is 0 Å². The lowest BCUT2D eigenvalue weighted by Crippen LogP contribution is -2.48. The van der Waals surface area contributed by atoms with Gasteiger partial charge in [0.25, 0.3) is 0 Å². The third kappa shape index (κ3) is 2.98. The van der Waals surface area contributed by atoms with Gasteiger partial charge in [-0.3, -0.25) is 0 Å². The van der Waals surface area contributed by atoms with Crippen molar-refractivity contribution in [3.05, 3.63) is 40.9 Å². The van der Waals surface area contributed by atoms with Crippen molar-refractivity contribution in [2.45, 2.75) is 45.6 Å². The van der Waals surface area contributed by atoms with Crippen LogP contribution in [0.4, 0.5) is 5.69 Å². The number of hydrogen-bond acceptors (Lipinski definition) is 4. The molecule has 0 aliphatic carbocycles. The summed E-state index contributed by atoms with van der Waals surface area (Å²) in [4.78, 5) is 2.44. The Kier molecular flexibility index (Phi) is 4.15. The van der Waals surface area contributed by atoms with Gasteiger partial charge in [-0.2, -0.15) is 5.10 Å². The number of rotatable bonds is 3. The Morgan fingerprint density at radius 1 is 1.35 bits per heavy atom. The molecule has 122 valence electrons. The largest absolute Gasteiger partial charge is 0.366 e. The van der Waals surface area contributed by atoms with Crippen molar-refractivity contribution in [3.8, 4) is 0 Å². The van der Waals surface area contributed by atoms with Crippen LogP contribution in [-0.2, 0) is 0 Å². The van der Waals surface area contributed by atoms with E-state index in [4.69, 9.17) is 11.6 Å². The van der Waals surface area contributed by atoms with Crippen LogP contribution in [0.1, 0.15) is 51.2 Å². The minimum atomic E-state index is 0.141. The van der Waals surface area contributed by atoms with Gasteiger partial charge in [-0.05, 0) is 50.8 Å². The molecule has 5 nitrogen and oxygen atoms in total. The summed E-state index contributed by atoms with van der Waals surface area (Å²) in [5.41, 5.74) is 3.63. The molecule has 2 heterocycles. The summed E-state index contributed by atoms with van der Waals surface area (Å²) < 4.78 is 1.56. The van der Waals surface area contributed by atoms with E-state index in [-0.39, 0.29) is 5.54 Å². The van der Waals surface area contributed by atoms with Gasteiger partial charge in [0.2, 0.25) is 0 Å². The van der Waals surface area contributed by atoms with E-state index in [0.717, 1.165) is 18.5 Å². The second-order valence-electron chi connectivity index (χ2n) is 6.68. The maximum atomic E-state index is 6.51. The predicted molar refractivity (Wildman–Crippen MR) is 94.6 cm³/mol. The lowest BCUT2D eigenvalue weighted by molar-refractivity contribution is 0.381. The lowest BCUT2D eigenvalue weighted by atomic mass is 9.79. The third-order valence-electron chi connectivity index (χ3n) is 4.56. The minimum absolute atomic E-state index is 0.141. The van der Waals surface area contributed by atoms with Crippen molar-refractivity contribution in [1.82, 2.24) is 14.9 Å². The highest BCUT2D eigenvalue weighted by Crippen LogP contribution is 2.44. The molecule has 1 aliphatic rings. The van der Waals surface area contributed by atoms with Crippen LogP contribution < -0.4 is 4.90 Å². The molecule has 0 amide bonds. The highest BCUT2D eigenvalue weighted by atomic mass is 35.5. The fraction of sp³-hybridized carbons (Fsp3) is 0.471. The summed E-state index contributed by atoms with van der Waals surface area (Å²) in [6.07, 6.45) is 5.98. The van der Waals surface area contributed by atoms with Crippen LogP contribution >= 0.6 is 11.6 Å². The zero-order valence-corrected chi connectivity index (χ0v) is 14.7. The summed E-state index contributed by atoms with van der Waals surface area (Å²) in [7, 11) is 0. The number of hydrogen-bond donors (Lipinski definition) is 0. The molecule has 23 heavy (non-hydrogen) atoms. The third-order valence-corrected chi connectivity index (χ3v) is 4.88. The fourth-order valence-corrected chi connectivity index (χ4v) is 3.81. The maximum Gasteiger partial charge on any atom is 0.141 e. The van der Waals surface area contributed by atoms with Crippen LogP contribution in [0.15, 0.2) is 29.9 Å². The van der Waals surface area contributed by atoms with E-state index in [2.05, 4.69) is 60.0 Å². The van der Waals surface area contributed by atoms with E-state index in [1.807, 2.05) is 0 Å². The highest BCUT2D eigenvalue weighted by Gasteiger charge is 2.35. The summed E-state index contributed by atoms with van der Waals surface area (Å²) in [6, 6.07) is 4.24. The molecule has 1 aliphatic heterocycles. The maximum absolute atomic E-state index is 6.51.